The van der Waals surface area contributed by atoms with Crippen molar-refractivity contribution < 1.29 is 14.0 Å². The lowest BCUT2D eigenvalue weighted by atomic mass is 10.2. The highest BCUT2D eigenvalue weighted by Gasteiger charge is 2.32. The number of amides is 3. The number of para-hydroxylation sites is 2. The van der Waals surface area contributed by atoms with Gasteiger partial charge in [-0.1, -0.05) is 30.3 Å². The average molecular weight is 327 g/mol. The lowest BCUT2D eigenvalue weighted by molar-refractivity contribution is -0.117. The third-order valence-corrected chi connectivity index (χ3v) is 4.00. The van der Waals surface area contributed by atoms with Crippen LogP contribution in [0, 0.1) is 12.7 Å². The molecule has 2 aromatic carbocycles. The summed E-state index contributed by atoms with van der Waals surface area (Å²) in [5, 5.41) is 5.53. The van der Waals surface area contributed by atoms with Gasteiger partial charge in [0.05, 0.1) is 11.7 Å². The molecule has 6 heteroatoms. The van der Waals surface area contributed by atoms with Crippen molar-refractivity contribution in [3.63, 3.8) is 0 Å². The number of hydrogen-bond donors (Lipinski definition) is 2. The highest BCUT2D eigenvalue weighted by molar-refractivity contribution is 5.97. The predicted molar refractivity (Wildman–Crippen MR) is 90.5 cm³/mol. The molecule has 124 valence electrons. The van der Waals surface area contributed by atoms with E-state index >= 15 is 0 Å². The van der Waals surface area contributed by atoms with Gasteiger partial charge in [-0.15, -0.1) is 0 Å². The molecule has 5 nitrogen and oxygen atoms in total. The number of benzene rings is 2. The number of rotatable bonds is 3. The molecule has 2 N–H and O–H groups in total. The van der Waals surface area contributed by atoms with Crippen molar-refractivity contribution in [3.05, 3.63) is 59.9 Å². The molecule has 0 spiro atoms. The number of carbonyl (C=O) groups excluding carboxylic acids is 2. The second kappa shape index (κ2) is 6.70. The molecule has 1 unspecified atom stereocenters. The molecule has 0 radical (unpaired) electrons. The molecule has 1 fully saturated rings. The molecule has 0 aromatic heterocycles. The maximum Gasteiger partial charge on any atom is 0.319 e. The molecular weight excluding hydrogens is 309 g/mol. The number of nitrogens with one attached hydrogen (secondary N) is 2. The Balaban J connectivity index is 1.63. The van der Waals surface area contributed by atoms with Gasteiger partial charge in [0.2, 0.25) is 5.91 Å². The van der Waals surface area contributed by atoms with E-state index in [0.717, 1.165) is 5.56 Å². The third-order valence-electron chi connectivity index (χ3n) is 4.00. The van der Waals surface area contributed by atoms with E-state index in [-0.39, 0.29) is 36.6 Å². The quantitative estimate of drug-likeness (QED) is 0.910. The van der Waals surface area contributed by atoms with E-state index in [9.17, 15) is 14.0 Å². The first-order valence-corrected chi connectivity index (χ1v) is 7.72. The monoisotopic (exact) mass is 327 g/mol. The van der Waals surface area contributed by atoms with Crippen LogP contribution in [0.25, 0.3) is 0 Å². The molecular formula is C18H18FN3O2. The highest BCUT2D eigenvalue weighted by atomic mass is 19.1. The first-order chi connectivity index (χ1) is 11.5. The summed E-state index contributed by atoms with van der Waals surface area (Å²) in [4.78, 5) is 25.6. The van der Waals surface area contributed by atoms with Crippen LogP contribution < -0.4 is 15.5 Å². The Labute approximate surface area is 139 Å². The average Bonchev–Trinajstić information content (AvgIpc) is 2.90. The molecule has 24 heavy (non-hydrogen) atoms. The largest absolute Gasteiger partial charge is 0.333 e. The molecule has 3 amide bonds. The Kier molecular flexibility index (Phi) is 4.46. The normalized spacial score (nSPS) is 17.0. The van der Waals surface area contributed by atoms with Crippen molar-refractivity contribution in [2.24, 2.45) is 0 Å². The number of halogens is 1. The van der Waals surface area contributed by atoms with Crippen molar-refractivity contribution in [1.82, 2.24) is 5.32 Å². The Morgan fingerprint density at radius 1 is 1.17 bits per heavy atom. The summed E-state index contributed by atoms with van der Waals surface area (Å²) in [7, 11) is 0. The number of aryl methyl sites for hydroxylation is 1. The summed E-state index contributed by atoms with van der Waals surface area (Å²) < 4.78 is 13.8. The van der Waals surface area contributed by atoms with Gasteiger partial charge in [0.25, 0.3) is 0 Å². The van der Waals surface area contributed by atoms with Gasteiger partial charge in [-0.3, -0.25) is 4.79 Å². The Bertz CT molecular complexity index is 778. The zero-order chi connectivity index (χ0) is 17.1. The molecule has 1 heterocycles. The fourth-order valence-electron chi connectivity index (χ4n) is 2.76. The summed E-state index contributed by atoms with van der Waals surface area (Å²) in [6.07, 6.45) is 0.148. The van der Waals surface area contributed by atoms with Gasteiger partial charge < -0.3 is 15.5 Å². The van der Waals surface area contributed by atoms with Crippen LogP contribution in [0.4, 0.5) is 20.6 Å². The molecule has 1 atom stereocenters. The minimum Gasteiger partial charge on any atom is -0.333 e. The zero-order valence-corrected chi connectivity index (χ0v) is 13.3. The summed E-state index contributed by atoms with van der Waals surface area (Å²) in [6.45, 7) is 2.15. The molecule has 0 saturated carbocycles. The Morgan fingerprint density at radius 3 is 2.62 bits per heavy atom. The van der Waals surface area contributed by atoms with Gasteiger partial charge in [-0.2, -0.15) is 0 Å². The molecule has 3 rings (SSSR count). The topological polar surface area (TPSA) is 61.4 Å². The smallest absolute Gasteiger partial charge is 0.319 e. The summed E-state index contributed by atoms with van der Waals surface area (Å²) in [5.41, 5.74) is 1.90. The van der Waals surface area contributed by atoms with Crippen LogP contribution in [0.15, 0.2) is 48.5 Å². The van der Waals surface area contributed by atoms with E-state index in [0.29, 0.717) is 5.69 Å². The van der Waals surface area contributed by atoms with Crippen molar-refractivity contribution in [3.8, 4) is 0 Å². The number of anilines is 2. The molecule has 1 aliphatic heterocycles. The van der Waals surface area contributed by atoms with Gasteiger partial charge >= 0.3 is 6.03 Å². The van der Waals surface area contributed by atoms with Crippen LogP contribution in [0.5, 0.6) is 0 Å². The van der Waals surface area contributed by atoms with Gasteiger partial charge in [0.1, 0.15) is 5.82 Å². The van der Waals surface area contributed by atoms with Crippen molar-refractivity contribution in [1.29, 1.82) is 0 Å². The molecule has 1 saturated heterocycles. The summed E-state index contributed by atoms with van der Waals surface area (Å²) in [5.74, 6) is -0.655. The van der Waals surface area contributed by atoms with Gasteiger partial charge in [0.15, 0.2) is 0 Å². The van der Waals surface area contributed by atoms with Crippen LogP contribution in [0.3, 0.4) is 0 Å². The first kappa shape index (κ1) is 16.0. The van der Waals surface area contributed by atoms with E-state index in [1.54, 1.807) is 24.3 Å². The number of hydrogen-bond acceptors (Lipinski definition) is 2. The SMILES string of the molecule is Cc1ccccc1NC(=O)NC1CC(=O)N(c2ccccc2F)C1. The molecule has 2 aromatic rings. The maximum atomic E-state index is 13.8. The minimum atomic E-state index is -0.448. The first-order valence-electron chi connectivity index (χ1n) is 7.72. The minimum absolute atomic E-state index is 0.148. The number of nitrogens with zero attached hydrogens (tertiary/aromatic N) is 1. The Morgan fingerprint density at radius 2 is 1.88 bits per heavy atom. The second-order valence-electron chi connectivity index (χ2n) is 5.77. The van der Waals surface area contributed by atoms with Crippen molar-refractivity contribution in [2.45, 2.75) is 19.4 Å². The molecule has 0 aliphatic carbocycles. The van der Waals surface area contributed by atoms with Crippen LogP contribution >= 0.6 is 0 Å². The zero-order valence-electron chi connectivity index (χ0n) is 13.3. The lowest BCUT2D eigenvalue weighted by Gasteiger charge is -2.18. The van der Waals surface area contributed by atoms with Crippen LogP contribution in [-0.4, -0.2) is 24.5 Å². The van der Waals surface area contributed by atoms with E-state index in [2.05, 4.69) is 10.6 Å². The number of carbonyl (C=O) groups is 2. The molecule has 1 aliphatic rings. The fourth-order valence-corrected chi connectivity index (χ4v) is 2.76. The van der Waals surface area contributed by atoms with Crippen LogP contribution in [0.1, 0.15) is 12.0 Å². The van der Waals surface area contributed by atoms with E-state index in [1.807, 2.05) is 25.1 Å². The van der Waals surface area contributed by atoms with Gasteiger partial charge in [0, 0.05) is 18.7 Å². The second-order valence-corrected chi connectivity index (χ2v) is 5.77. The van der Waals surface area contributed by atoms with E-state index < -0.39 is 5.82 Å². The van der Waals surface area contributed by atoms with Crippen LogP contribution in [-0.2, 0) is 4.79 Å². The summed E-state index contributed by atoms with van der Waals surface area (Å²) >= 11 is 0. The standard InChI is InChI=1S/C18H18FN3O2/c1-12-6-2-4-8-15(12)21-18(24)20-13-10-17(23)22(11-13)16-9-5-3-7-14(16)19/h2-9,13H,10-11H2,1H3,(H2,20,21,24). The third kappa shape index (κ3) is 3.37. The Hall–Kier alpha value is -2.89. The number of urea groups is 1. The maximum absolute atomic E-state index is 13.8. The van der Waals surface area contributed by atoms with Gasteiger partial charge in [-0.05, 0) is 30.7 Å². The summed E-state index contributed by atoms with van der Waals surface area (Å²) in [6, 6.07) is 12.8. The van der Waals surface area contributed by atoms with Crippen molar-refractivity contribution >= 4 is 23.3 Å². The fraction of sp³-hybridized carbons (Fsp3) is 0.222. The van der Waals surface area contributed by atoms with Crippen LogP contribution in [0.2, 0.25) is 0 Å². The molecule has 0 bridgehead atoms. The van der Waals surface area contributed by atoms with Crippen molar-refractivity contribution in [2.75, 3.05) is 16.8 Å². The van der Waals surface area contributed by atoms with E-state index in [4.69, 9.17) is 0 Å². The predicted octanol–water partition coefficient (Wildman–Crippen LogP) is 3.06. The lowest BCUT2D eigenvalue weighted by Crippen LogP contribution is -2.40. The van der Waals surface area contributed by atoms with Gasteiger partial charge in [-0.25, -0.2) is 9.18 Å². The van der Waals surface area contributed by atoms with E-state index in [1.165, 1.54) is 11.0 Å². The highest BCUT2D eigenvalue weighted by Crippen LogP contribution is 2.24.